The van der Waals surface area contributed by atoms with E-state index in [1.807, 2.05) is 18.2 Å². The molecule has 0 saturated carbocycles. The van der Waals surface area contributed by atoms with Crippen molar-refractivity contribution in [3.8, 4) is 5.75 Å². The second-order valence-electron chi connectivity index (χ2n) is 5.61. The Morgan fingerprint density at radius 2 is 1.65 bits per heavy atom. The van der Waals surface area contributed by atoms with E-state index in [-0.39, 0.29) is 11.5 Å². The van der Waals surface area contributed by atoms with Gasteiger partial charge < -0.3 is 5.11 Å². The topological polar surface area (TPSA) is 37.3 Å². The van der Waals surface area contributed by atoms with Crippen molar-refractivity contribution in [1.29, 1.82) is 0 Å². The van der Waals surface area contributed by atoms with Crippen molar-refractivity contribution in [1.82, 2.24) is 0 Å². The summed E-state index contributed by atoms with van der Waals surface area (Å²) < 4.78 is 0. The van der Waals surface area contributed by atoms with E-state index in [0.717, 1.165) is 6.42 Å². The molecule has 1 aromatic carbocycles. The van der Waals surface area contributed by atoms with Gasteiger partial charge in [0.05, 0.1) is 5.56 Å². The van der Waals surface area contributed by atoms with Crippen molar-refractivity contribution in [3.05, 3.63) is 66.3 Å². The normalized spacial score (nSPS) is 11.9. The lowest BCUT2D eigenvalue weighted by Gasteiger charge is -1.97. The Bertz CT molecular complexity index is 539. The van der Waals surface area contributed by atoms with Crippen LogP contribution in [0.25, 0.3) is 0 Å². The molecular formula is C21H28O2. The SMILES string of the molecule is CCCCCCCCC=CC=CC=CC(=O)c1ccccc1O. The monoisotopic (exact) mass is 312 g/mol. The summed E-state index contributed by atoms with van der Waals surface area (Å²) >= 11 is 0. The Labute approximate surface area is 140 Å². The molecule has 0 saturated heterocycles. The van der Waals surface area contributed by atoms with Gasteiger partial charge in [0.2, 0.25) is 0 Å². The number of rotatable bonds is 11. The highest BCUT2D eigenvalue weighted by Gasteiger charge is 2.05. The number of allylic oxidation sites excluding steroid dienone is 6. The summed E-state index contributed by atoms with van der Waals surface area (Å²) in [4.78, 5) is 11.8. The largest absolute Gasteiger partial charge is 0.507 e. The van der Waals surface area contributed by atoms with Crippen molar-refractivity contribution < 1.29 is 9.90 Å². The molecular weight excluding hydrogens is 284 g/mol. The smallest absolute Gasteiger partial charge is 0.189 e. The van der Waals surface area contributed by atoms with E-state index < -0.39 is 0 Å². The third-order valence-electron chi connectivity index (χ3n) is 3.61. The van der Waals surface area contributed by atoms with Crippen LogP contribution in [-0.4, -0.2) is 10.9 Å². The van der Waals surface area contributed by atoms with Gasteiger partial charge in [0.25, 0.3) is 0 Å². The first-order valence-corrected chi connectivity index (χ1v) is 8.58. The Balaban J connectivity index is 2.19. The number of unbranched alkanes of at least 4 members (excludes halogenated alkanes) is 6. The Morgan fingerprint density at radius 1 is 0.957 bits per heavy atom. The minimum atomic E-state index is -0.191. The van der Waals surface area contributed by atoms with Crippen LogP contribution in [0, 0.1) is 0 Å². The van der Waals surface area contributed by atoms with Gasteiger partial charge in [0.15, 0.2) is 5.78 Å². The highest BCUT2D eigenvalue weighted by molar-refractivity contribution is 6.06. The van der Waals surface area contributed by atoms with E-state index in [4.69, 9.17) is 0 Å². The van der Waals surface area contributed by atoms with Gasteiger partial charge in [-0.2, -0.15) is 0 Å². The highest BCUT2D eigenvalue weighted by Crippen LogP contribution is 2.16. The molecule has 0 aliphatic carbocycles. The van der Waals surface area contributed by atoms with Crippen LogP contribution in [0.1, 0.15) is 62.2 Å². The number of phenolic OH excluding ortho intramolecular Hbond substituents is 1. The molecule has 124 valence electrons. The highest BCUT2D eigenvalue weighted by atomic mass is 16.3. The summed E-state index contributed by atoms with van der Waals surface area (Å²) in [6, 6.07) is 6.57. The number of carbonyl (C=O) groups is 1. The van der Waals surface area contributed by atoms with E-state index in [2.05, 4.69) is 13.0 Å². The maximum absolute atomic E-state index is 11.8. The summed E-state index contributed by atoms with van der Waals surface area (Å²) in [7, 11) is 0. The van der Waals surface area contributed by atoms with Crippen molar-refractivity contribution >= 4 is 5.78 Å². The minimum Gasteiger partial charge on any atom is -0.507 e. The van der Waals surface area contributed by atoms with Gasteiger partial charge in [0.1, 0.15) is 5.75 Å². The van der Waals surface area contributed by atoms with E-state index in [9.17, 15) is 9.90 Å². The van der Waals surface area contributed by atoms with Gasteiger partial charge in [-0.3, -0.25) is 4.79 Å². The Kier molecular flexibility index (Phi) is 10.3. The zero-order valence-electron chi connectivity index (χ0n) is 14.1. The molecule has 0 spiro atoms. The van der Waals surface area contributed by atoms with Crippen LogP contribution >= 0.6 is 0 Å². The molecule has 0 bridgehead atoms. The second kappa shape index (κ2) is 12.5. The third kappa shape index (κ3) is 8.82. The molecule has 1 N–H and O–H groups in total. The van der Waals surface area contributed by atoms with Gasteiger partial charge in [-0.05, 0) is 31.1 Å². The average molecular weight is 312 g/mol. The quantitative estimate of drug-likeness (QED) is 0.236. The molecule has 0 unspecified atom stereocenters. The summed E-state index contributed by atoms with van der Waals surface area (Å²) in [5.74, 6) is -0.172. The molecule has 2 heteroatoms. The third-order valence-corrected chi connectivity index (χ3v) is 3.61. The fourth-order valence-corrected chi connectivity index (χ4v) is 2.26. The first-order chi connectivity index (χ1) is 11.3. The van der Waals surface area contributed by atoms with Crippen molar-refractivity contribution in [3.63, 3.8) is 0 Å². The second-order valence-corrected chi connectivity index (χ2v) is 5.61. The van der Waals surface area contributed by atoms with Crippen LogP contribution in [0.15, 0.2) is 60.7 Å². The summed E-state index contributed by atoms with van der Waals surface area (Å²) in [6.45, 7) is 2.24. The molecule has 0 aromatic heterocycles. The molecule has 23 heavy (non-hydrogen) atoms. The molecule has 1 rings (SSSR count). The maximum Gasteiger partial charge on any atom is 0.189 e. The molecule has 0 fully saturated rings. The van der Waals surface area contributed by atoms with Gasteiger partial charge in [-0.1, -0.05) is 81.5 Å². The number of ketones is 1. The first kappa shape index (κ1) is 19.0. The summed E-state index contributed by atoms with van der Waals surface area (Å²) in [6.07, 6.45) is 20.1. The van der Waals surface area contributed by atoms with Crippen LogP contribution in [0.3, 0.4) is 0 Å². The molecule has 0 amide bonds. The standard InChI is InChI=1S/C21H28O2/c1-2-3-4-5-6-7-8-9-10-11-12-13-17-20(22)19-16-14-15-18-21(19)23/h9-18,23H,2-8H2,1H3. The van der Waals surface area contributed by atoms with Gasteiger partial charge >= 0.3 is 0 Å². The molecule has 1 aromatic rings. The maximum atomic E-state index is 11.8. The number of phenols is 1. The number of hydrogen-bond acceptors (Lipinski definition) is 2. The van der Waals surface area contributed by atoms with Gasteiger partial charge in [-0.15, -0.1) is 0 Å². The van der Waals surface area contributed by atoms with Crippen molar-refractivity contribution in [2.24, 2.45) is 0 Å². The molecule has 0 aliphatic rings. The average Bonchev–Trinajstić information content (AvgIpc) is 2.56. The fraction of sp³-hybridized carbons (Fsp3) is 0.381. The van der Waals surface area contributed by atoms with Gasteiger partial charge in [0, 0.05) is 0 Å². The fourth-order valence-electron chi connectivity index (χ4n) is 2.26. The van der Waals surface area contributed by atoms with E-state index >= 15 is 0 Å². The lowest BCUT2D eigenvalue weighted by Crippen LogP contribution is -1.93. The Hall–Kier alpha value is -2.09. The number of benzene rings is 1. The number of hydrogen-bond donors (Lipinski definition) is 1. The first-order valence-electron chi connectivity index (χ1n) is 8.58. The summed E-state index contributed by atoms with van der Waals surface area (Å²) in [5.41, 5.74) is 0.329. The van der Waals surface area contributed by atoms with Crippen LogP contribution < -0.4 is 0 Å². The zero-order chi connectivity index (χ0) is 16.8. The van der Waals surface area contributed by atoms with Crippen LogP contribution in [0.5, 0.6) is 5.75 Å². The lowest BCUT2D eigenvalue weighted by molar-refractivity contribution is 0.104. The molecule has 0 aliphatic heterocycles. The van der Waals surface area contributed by atoms with Crippen LogP contribution in [0.4, 0.5) is 0 Å². The molecule has 0 radical (unpaired) electrons. The molecule has 0 heterocycles. The van der Waals surface area contributed by atoms with Crippen LogP contribution in [-0.2, 0) is 0 Å². The predicted octanol–water partition coefficient (Wildman–Crippen LogP) is 5.99. The summed E-state index contributed by atoms with van der Waals surface area (Å²) in [5, 5.41) is 9.59. The van der Waals surface area contributed by atoms with Crippen molar-refractivity contribution in [2.75, 3.05) is 0 Å². The predicted molar refractivity (Wildman–Crippen MR) is 97.9 cm³/mol. The number of aromatic hydroxyl groups is 1. The van der Waals surface area contributed by atoms with Gasteiger partial charge in [-0.25, -0.2) is 0 Å². The Morgan fingerprint density at radius 3 is 2.43 bits per heavy atom. The van der Waals surface area contributed by atoms with E-state index in [1.165, 1.54) is 50.7 Å². The van der Waals surface area contributed by atoms with E-state index in [0.29, 0.717) is 5.56 Å². The van der Waals surface area contributed by atoms with Crippen molar-refractivity contribution in [2.45, 2.75) is 51.9 Å². The van der Waals surface area contributed by atoms with E-state index in [1.54, 1.807) is 24.3 Å². The minimum absolute atomic E-state index is 0.0185. The molecule has 2 nitrogen and oxygen atoms in total. The lowest BCUT2D eigenvalue weighted by atomic mass is 10.1. The zero-order valence-corrected chi connectivity index (χ0v) is 14.1. The molecule has 0 atom stereocenters. The number of para-hydroxylation sites is 1. The number of carbonyl (C=O) groups excluding carboxylic acids is 1. The van der Waals surface area contributed by atoms with Crippen LogP contribution in [0.2, 0.25) is 0 Å².